The minimum atomic E-state index is 0.401. The molecule has 0 amide bonds. The van der Waals surface area contributed by atoms with Crippen LogP contribution in [0.5, 0.6) is 0 Å². The number of piperidine rings is 1. The van der Waals surface area contributed by atoms with Crippen LogP contribution in [-0.4, -0.2) is 83.1 Å². The minimum Gasteiger partial charge on any atom is -0.379 e. The van der Waals surface area contributed by atoms with Crippen LogP contribution in [-0.2, 0) is 23.7 Å². The summed E-state index contributed by atoms with van der Waals surface area (Å²) in [5.41, 5.74) is 0. The molecule has 156 valence electrons. The molecule has 0 unspecified atom stereocenters. The van der Waals surface area contributed by atoms with E-state index in [2.05, 4.69) is 27.9 Å². The molecular formula is C19H38INO5. The maximum atomic E-state index is 5.77. The molecular weight excluding hydrogens is 449 g/mol. The third-order valence-electron chi connectivity index (χ3n) is 4.16. The molecule has 0 aromatic carbocycles. The zero-order valence-corrected chi connectivity index (χ0v) is 18.4. The molecule has 1 saturated heterocycles. The quantitative estimate of drug-likeness (QED) is 0.172. The number of alkyl halides is 1. The van der Waals surface area contributed by atoms with Crippen molar-refractivity contribution in [3.05, 3.63) is 0 Å². The molecule has 6 nitrogen and oxygen atoms in total. The van der Waals surface area contributed by atoms with Gasteiger partial charge in [-0.1, -0.05) is 35.4 Å². The lowest BCUT2D eigenvalue weighted by molar-refractivity contribution is -0.0280. The van der Waals surface area contributed by atoms with E-state index in [1.54, 1.807) is 0 Å². The van der Waals surface area contributed by atoms with E-state index in [4.69, 9.17) is 23.7 Å². The van der Waals surface area contributed by atoms with E-state index in [0.29, 0.717) is 59.0 Å². The molecule has 1 rings (SSSR count). The number of nitrogens with one attached hydrogen (secondary N) is 1. The standard InChI is InChI=1S/C19H38INO5/c20-7-3-1-2-4-10-22-11-12-23-13-14-24-15-16-25-17-18-26-19-5-8-21-9-6-19/h19,21H,1-18H2. The van der Waals surface area contributed by atoms with Crippen LogP contribution in [0, 0.1) is 0 Å². The summed E-state index contributed by atoms with van der Waals surface area (Å²) in [6, 6.07) is 0. The van der Waals surface area contributed by atoms with Gasteiger partial charge in [0.25, 0.3) is 0 Å². The van der Waals surface area contributed by atoms with Crippen LogP contribution in [0.4, 0.5) is 0 Å². The highest BCUT2D eigenvalue weighted by Gasteiger charge is 2.12. The van der Waals surface area contributed by atoms with Crippen LogP contribution in [0.2, 0.25) is 0 Å². The van der Waals surface area contributed by atoms with Crippen molar-refractivity contribution in [1.29, 1.82) is 0 Å². The van der Waals surface area contributed by atoms with E-state index in [-0.39, 0.29) is 0 Å². The highest BCUT2D eigenvalue weighted by molar-refractivity contribution is 14.1. The summed E-state index contributed by atoms with van der Waals surface area (Å²) in [5, 5.41) is 3.33. The van der Waals surface area contributed by atoms with Gasteiger partial charge in [0.15, 0.2) is 0 Å². The normalized spacial score (nSPS) is 15.6. The molecule has 1 fully saturated rings. The molecule has 0 atom stereocenters. The van der Waals surface area contributed by atoms with Gasteiger partial charge in [-0.25, -0.2) is 0 Å². The summed E-state index contributed by atoms with van der Waals surface area (Å²) < 4.78 is 29.0. The number of hydrogen-bond donors (Lipinski definition) is 1. The van der Waals surface area contributed by atoms with E-state index in [1.807, 2.05) is 0 Å². The molecule has 1 N–H and O–H groups in total. The molecule has 26 heavy (non-hydrogen) atoms. The lowest BCUT2D eigenvalue weighted by atomic mass is 10.1. The molecule has 0 bridgehead atoms. The first kappa shape index (κ1) is 24.5. The van der Waals surface area contributed by atoms with E-state index in [0.717, 1.165) is 39.0 Å². The van der Waals surface area contributed by atoms with Gasteiger partial charge in [0.2, 0.25) is 0 Å². The summed E-state index contributed by atoms with van der Waals surface area (Å²) in [4.78, 5) is 0. The Hall–Kier alpha value is 0.490. The zero-order valence-electron chi connectivity index (χ0n) is 16.2. The molecule has 0 radical (unpaired) electrons. The van der Waals surface area contributed by atoms with Crippen molar-refractivity contribution in [3.8, 4) is 0 Å². The Kier molecular flexibility index (Phi) is 19.1. The van der Waals surface area contributed by atoms with Crippen LogP contribution in [0.15, 0.2) is 0 Å². The van der Waals surface area contributed by atoms with Crippen LogP contribution in [0.3, 0.4) is 0 Å². The Morgan fingerprint density at radius 3 is 1.69 bits per heavy atom. The predicted octanol–water partition coefficient (Wildman–Crippen LogP) is 2.82. The maximum absolute atomic E-state index is 5.77. The van der Waals surface area contributed by atoms with Crippen molar-refractivity contribution >= 4 is 22.6 Å². The van der Waals surface area contributed by atoms with Crippen LogP contribution < -0.4 is 5.32 Å². The van der Waals surface area contributed by atoms with E-state index < -0.39 is 0 Å². The van der Waals surface area contributed by atoms with Crippen molar-refractivity contribution in [2.24, 2.45) is 0 Å². The fourth-order valence-corrected chi connectivity index (χ4v) is 3.19. The van der Waals surface area contributed by atoms with Crippen molar-refractivity contribution in [3.63, 3.8) is 0 Å². The fourth-order valence-electron chi connectivity index (χ4n) is 2.65. The third-order valence-corrected chi connectivity index (χ3v) is 4.92. The highest BCUT2D eigenvalue weighted by Crippen LogP contribution is 2.06. The minimum absolute atomic E-state index is 0.401. The predicted molar refractivity (Wildman–Crippen MR) is 112 cm³/mol. The van der Waals surface area contributed by atoms with Crippen molar-refractivity contribution in [2.45, 2.75) is 44.6 Å². The van der Waals surface area contributed by atoms with Gasteiger partial charge < -0.3 is 29.0 Å². The summed E-state index contributed by atoms with van der Waals surface area (Å²) in [6.45, 7) is 8.02. The molecule has 1 heterocycles. The largest absolute Gasteiger partial charge is 0.379 e. The SMILES string of the molecule is ICCCCCCOCCOCCOCCOCCOC1CCNCC1. The summed E-state index contributed by atoms with van der Waals surface area (Å²) in [6.07, 6.45) is 7.67. The Morgan fingerprint density at radius 1 is 0.615 bits per heavy atom. The fraction of sp³-hybridized carbons (Fsp3) is 1.00. The molecule has 0 saturated carbocycles. The Balaban J connectivity index is 1.65. The topological polar surface area (TPSA) is 58.2 Å². The van der Waals surface area contributed by atoms with Gasteiger partial charge >= 0.3 is 0 Å². The second kappa shape index (κ2) is 20.2. The Morgan fingerprint density at radius 2 is 1.12 bits per heavy atom. The maximum Gasteiger partial charge on any atom is 0.0704 e. The molecule has 1 aliphatic heterocycles. The molecule has 0 aliphatic carbocycles. The number of halogens is 1. The van der Waals surface area contributed by atoms with Gasteiger partial charge in [0, 0.05) is 6.61 Å². The summed E-state index contributed by atoms with van der Waals surface area (Å²) >= 11 is 2.43. The summed E-state index contributed by atoms with van der Waals surface area (Å²) in [7, 11) is 0. The van der Waals surface area contributed by atoms with Gasteiger partial charge in [-0.15, -0.1) is 0 Å². The molecule has 0 aromatic heterocycles. The van der Waals surface area contributed by atoms with Gasteiger partial charge in [-0.2, -0.15) is 0 Å². The monoisotopic (exact) mass is 487 g/mol. The van der Waals surface area contributed by atoms with Gasteiger partial charge in [0.1, 0.15) is 0 Å². The van der Waals surface area contributed by atoms with Crippen molar-refractivity contribution in [1.82, 2.24) is 5.32 Å². The summed E-state index contributed by atoms with van der Waals surface area (Å²) in [5.74, 6) is 0. The Labute approximate surface area is 173 Å². The molecule has 0 spiro atoms. The van der Waals surface area contributed by atoms with Crippen LogP contribution >= 0.6 is 22.6 Å². The second-order valence-corrected chi connectivity index (χ2v) is 7.45. The van der Waals surface area contributed by atoms with Gasteiger partial charge in [0.05, 0.1) is 59.0 Å². The van der Waals surface area contributed by atoms with Crippen LogP contribution in [0.25, 0.3) is 0 Å². The van der Waals surface area contributed by atoms with E-state index in [1.165, 1.54) is 23.7 Å². The first-order valence-corrected chi connectivity index (χ1v) is 11.7. The average Bonchev–Trinajstić information content (AvgIpc) is 2.68. The Bertz CT molecular complexity index is 281. The second-order valence-electron chi connectivity index (χ2n) is 6.37. The van der Waals surface area contributed by atoms with Crippen molar-refractivity contribution in [2.75, 3.05) is 77.0 Å². The van der Waals surface area contributed by atoms with E-state index in [9.17, 15) is 0 Å². The van der Waals surface area contributed by atoms with Crippen molar-refractivity contribution < 1.29 is 23.7 Å². The number of ether oxygens (including phenoxy) is 5. The molecule has 0 aromatic rings. The smallest absolute Gasteiger partial charge is 0.0704 e. The number of unbranched alkanes of at least 4 members (excludes halogenated alkanes) is 3. The van der Waals surface area contributed by atoms with Crippen LogP contribution in [0.1, 0.15) is 38.5 Å². The molecule has 7 heteroatoms. The van der Waals surface area contributed by atoms with Gasteiger partial charge in [-0.3, -0.25) is 0 Å². The van der Waals surface area contributed by atoms with Gasteiger partial charge in [-0.05, 0) is 43.2 Å². The highest BCUT2D eigenvalue weighted by atomic mass is 127. The van der Waals surface area contributed by atoms with E-state index >= 15 is 0 Å². The zero-order chi connectivity index (χ0) is 18.5. The number of rotatable bonds is 19. The lowest BCUT2D eigenvalue weighted by Gasteiger charge is -2.22. The lowest BCUT2D eigenvalue weighted by Crippen LogP contribution is -2.33. The first-order valence-electron chi connectivity index (χ1n) is 10.1. The average molecular weight is 487 g/mol. The first-order chi connectivity index (χ1) is 12.9. The third kappa shape index (κ3) is 16.6. The molecule has 1 aliphatic rings. The number of hydrogen-bond acceptors (Lipinski definition) is 6.